The Morgan fingerprint density at radius 1 is 0.909 bits per heavy atom. The van der Waals surface area contributed by atoms with E-state index in [9.17, 15) is 9.59 Å². The van der Waals surface area contributed by atoms with Crippen molar-refractivity contribution in [3.8, 4) is 33.8 Å². The van der Waals surface area contributed by atoms with Crippen LogP contribution < -0.4 is 25.4 Å². The van der Waals surface area contributed by atoms with Crippen LogP contribution in [0, 0.1) is 16.7 Å². The lowest BCUT2D eigenvalue weighted by molar-refractivity contribution is -0.128. The highest BCUT2D eigenvalue weighted by atomic mass is 35.5. The number of nitrogens with one attached hydrogen (secondary N) is 4. The van der Waals surface area contributed by atoms with E-state index in [1.807, 2.05) is 66.7 Å². The van der Waals surface area contributed by atoms with Crippen molar-refractivity contribution in [2.45, 2.75) is 70.2 Å². The molecular formula is C44H49Cl2N5O4. The Morgan fingerprint density at radius 2 is 1.64 bits per heavy atom. The molecule has 3 aliphatic rings. The van der Waals surface area contributed by atoms with Crippen molar-refractivity contribution in [1.29, 1.82) is 5.41 Å². The third-order valence-corrected chi connectivity index (χ3v) is 12.6. The van der Waals surface area contributed by atoms with Crippen LogP contribution in [0.1, 0.15) is 60.8 Å². The third kappa shape index (κ3) is 8.26. The standard InChI is InChI=1S/C44H49Cl2N5O4/c1-51(33-19-44(20-33)17-27(18-44)26-52)25-31-14-38(45)30(16-41(31)55-3)23-49-39-9-5-7-35(37(39)21-47)36-8-4-6-34(43(36)46)28-10-11-29(40(15-28)54-2)22-48-24-32-12-13-42(53)50-32/h4-11,14-16,21,26-27,32-33,47-49H,12-13,17-20,22-25H2,1-3H3,(H,50,53). The number of benzene rings is 4. The van der Waals surface area contributed by atoms with Gasteiger partial charge in [0, 0.05) is 95.3 Å². The van der Waals surface area contributed by atoms with Crippen LogP contribution in [0.15, 0.2) is 66.7 Å². The molecule has 1 aliphatic heterocycles. The number of hydrogen-bond acceptors (Lipinski definition) is 8. The number of carbonyl (C=O) groups excluding carboxylic acids is 2. The average Bonchev–Trinajstić information content (AvgIpc) is 3.58. The van der Waals surface area contributed by atoms with E-state index in [2.05, 4.69) is 27.9 Å². The SMILES string of the molecule is COc1cc(-c2cccc(-c3cccc(NCc4cc(OC)c(CN(C)C5CC6(CC(C=O)C6)C5)cc4Cl)c3C=N)c2Cl)ccc1CNCC1CCC(=O)N1. The number of ether oxygens (including phenoxy) is 2. The van der Waals surface area contributed by atoms with Gasteiger partial charge in [-0.3, -0.25) is 9.69 Å². The van der Waals surface area contributed by atoms with E-state index in [0.29, 0.717) is 53.1 Å². The molecule has 9 nitrogen and oxygen atoms in total. The lowest BCUT2D eigenvalue weighted by Gasteiger charge is -2.58. The van der Waals surface area contributed by atoms with E-state index in [1.54, 1.807) is 14.2 Å². The summed E-state index contributed by atoms with van der Waals surface area (Å²) in [6.07, 6.45) is 8.25. The van der Waals surface area contributed by atoms with Gasteiger partial charge >= 0.3 is 0 Å². The van der Waals surface area contributed by atoms with Gasteiger partial charge in [-0.1, -0.05) is 65.7 Å². The molecule has 11 heteroatoms. The molecule has 1 heterocycles. The fourth-order valence-corrected chi connectivity index (χ4v) is 9.34. The molecule has 288 valence electrons. The number of halogens is 2. The van der Waals surface area contributed by atoms with E-state index in [0.717, 1.165) is 101 Å². The Balaban J connectivity index is 1.04. The van der Waals surface area contributed by atoms with E-state index in [-0.39, 0.29) is 17.9 Å². The van der Waals surface area contributed by atoms with Crippen molar-refractivity contribution in [2.24, 2.45) is 11.3 Å². The molecule has 2 saturated carbocycles. The number of amides is 1. The Bertz CT molecular complexity index is 2080. The van der Waals surface area contributed by atoms with Crippen LogP contribution in [0.2, 0.25) is 10.0 Å². The van der Waals surface area contributed by atoms with Crippen LogP contribution >= 0.6 is 23.2 Å². The zero-order chi connectivity index (χ0) is 38.7. The van der Waals surface area contributed by atoms with Gasteiger partial charge < -0.3 is 35.6 Å². The topological polar surface area (TPSA) is 116 Å². The molecule has 3 fully saturated rings. The number of aldehydes is 1. The highest BCUT2D eigenvalue weighted by Gasteiger charge is 2.53. The second-order valence-corrected chi connectivity index (χ2v) is 16.2. The first-order valence-corrected chi connectivity index (χ1v) is 19.7. The highest BCUT2D eigenvalue weighted by molar-refractivity contribution is 6.36. The predicted molar refractivity (Wildman–Crippen MR) is 221 cm³/mol. The van der Waals surface area contributed by atoms with Crippen molar-refractivity contribution in [1.82, 2.24) is 15.5 Å². The van der Waals surface area contributed by atoms with E-state index < -0.39 is 0 Å². The summed E-state index contributed by atoms with van der Waals surface area (Å²) in [4.78, 5) is 25.0. The Kier molecular flexibility index (Phi) is 11.8. The van der Waals surface area contributed by atoms with Crippen LogP contribution in [0.5, 0.6) is 11.5 Å². The van der Waals surface area contributed by atoms with Gasteiger partial charge in [-0.05, 0) is 85.5 Å². The summed E-state index contributed by atoms with van der Waals surface area (Å²) in [5, 5.41) is 19.6. The summed E-state index contributed by atoms with van der Waals surface area (Å²) in [5.74, 6) is 1.90. The van der Waals surface area contributed by atoms with Crippen molar-refractivity contribution < 1.29 is 19.1 Å². The molecule has 55 heavy (non-hydrogen) atoms. The minimum atomic E-state index is 0.109. The number of anilines is 1. The first-order chi connectivity index (χ1) is 26.6. The summed E-state index contributed by atoms with van der Waals surface area (Å²) in [7, 11) is 5.50. The van der Waals surface area contributed by atoms with Crippen LogP contribution in [0.3, 0.4) is 0 Å². The van der Waals surface area contributed by atoms with Gasteiger partial charge in [0.15, 0.2) is 0 Å². The number of rotatable bonds is 16. The van der Waals surface area contributed by atoms with Crippen molar-refractivity contribution >= 4 is 47.3 Å². The summed E-state index contributed by atoms with van der Waals surface area (Å²) in [5.41, 5.74) is 8.24. The van der Waals surface area contributed by atoms with Gasteiger partial charge in [0.25, 0.3) is 0 Å². The smallest absolute Gasteiger partial charge is 0.220 e. The van der Waals surface area contributed by atoms with Gasteiger partial charge in [0.05, 0.1) is 19.2 Å². The minimum Gasteiger partial charge on any atom is -0.496 e. The molecule has 1 amide bonds. The van der Waals surface area contributed by atoms with Crippen molar-refractivity contribution in [3.05, 3.63) is 99.0 Å². The number of methoxy groups -OCH3 is 2. The number of carbonyl (C=O) groups is 2. The van der Waals surface area contributed by atoms with E-state index in [4.69, 9.17) is 38.1 Å². The van der Waals surface area contributed by atoms with Crippen LogP contribution in [0.25, 0.3) is 22.3 Å². The summed E-state index contributed by atoms with van der Waals surface area (Å²) < 4.78 is 11.6. The average molecular weight is 783 g/mol. The highest BCUT2D eigenvalue weighted by Crippen LogP contribution is 2.59. The van der Waals surface area contributed by atoms with E-state index in [1.165, 1.54) is 6.21 Å². The molecule has 0 aromatic heterocycles. The van der Waals surface area contributed by atoms with Crippen LogP contribution in [0.4, 0.5) is 5.69 Å². The molecule has 0 bridgehead atoms. The molecule has 1 spiro atoms. The van der Waals surface area contributed by atoms with Gasteiger partial charge in [0.1, 0.15) is 17.8 Å². The van der Waals surface area contributed by atoms with Crippen molar-refractivity contribution in [2.75, 3.05) is 33.1 Å². The second-order valence-electron chi connectivity index (χ2n) is 15.4. The molecule has 4 aromatic rings. The first-order valence-electron chi connectivity index (χ1n) is 19.0. The lowest BCUT2D eigenvalue weighted by atomic mass is 9.50. The summed E-state index contributed by atoms with van der Waals surface area (Å²) >= 11 is 14.1. The van der Waals surface area contributed by atoms with Gasteiger partial charge in [-0.15, -0.1) is 0 Å². The summed E-state index contributed by atoms with van der Waals surface area (Å²) in [6, 6.07) is 22.6. The molecular weight excluding hydrogens is 733 g/mol. The number of nitrogens with zero attached hydrogens (tertiary/aromatic N) is 1. The molecule has 7 rings (SSSR count). The molecule has 1 atom stereocenters. The normalized spacial score (nSPS) is 21.5. The van der Waals surface area contributed by atoms with Crippen LogP contribution in [-0.2, 0) is 29.2 Å². The minimum absolute atomic E-state index is 0.109. The first kappa shape index (κ1) is 38.8. The molecule has 1 saturated heterocycles. The molecule has 1 unspecified atom stereocenters. The fourth-order valence-electron chi connectivity index (χ4n) is 8.75. The van der Waals surface area contributed by atoms with Gasteiger partial charge in [0.2, 0.25) is 5.91 Å². The third-order valence-electron chi connectivity index (χ3n) is 11.8. The quantitative estimate of drug-likeness (QED) is 0.0666. The molecule has 4 aromatic carbocycles. The Morgan fingerprint density at radius 3 is 2.35 bits per heavy atom. The lowest BCUT2D eigenvalue weighted by Crippen LogP contribution is -2.55. The molecule has 0 radical (unpaired) electrons. The second kappa shape index (κ2) is 16.8. The maximum Gasteiger partial charge on any atom is 0.220 e. The van der Waals surface area contributed by atoms with Gasteiger partial charge in [-0.25, -0.2) is 0 Å². The molecule has 2 aliphatic carbocycles. The Labute approximate surface area is 333 Å². The van der Waals surface area contributed by atoms with Crippen LogP contribution in [-0.4, -0.2) is 63.2 Å². The number of hydrogen-bond donors (Lipinski definition) is 4. The maximum atomic E-state index is 11.6. The van der Waals surface area contributed by atoms with Crippen molar-refractivity contribution in [3.63, 3.8) is 0 Å². The monoisotopic (exact) mass is 781 g/mol. The fraction of sp³-hybridized carbons (Fsp3) is 0.386. The zero-order valence-electron chi connectivity index (χ0n) is 31.6. The maximum absolute atomic E-state index is 11.6. The molecule has 4 N–H and O–H groups in total. The summed E-state index contributed by atoms with van der Waals surface area (Å²) in [6.45, 7) is 2.47. The zero-order valence-corrected chi connectivity index (χ0v) is 33.2. The predicted octanol–water partition coefficient (Wildman–Crippen LogP) is 8.51. The Hall–Kier alpha value is -4.41. The largest absolute Gasteiger partial charge is 0.496 e. The van der Waals surface area contributed by atoms with Gasteiger partial charge in [-0.2, -0.15) is 0 Å². The van der Waals surface area contributed by atoms with E-state index >= 15 is 0 Å².